The number of aromatic nitrogens is 1. The van der Waals surface area contributed by atoms with E-state index in [-0.39, 0.29) is 16.9 Å². The molecule has 0 saturated carbocycles. The number of likely N-dealkylation sites (tertiary alicyclic amines) is 1. The SMILES string of the molecule is O=C(c1c[nH]c2ccccc2c1=O)N1CCCCC1. The van der Waals surface area contributed by atoms with Gasteiger partial charge in [-0.25, -0.2) is 0 Å². The molecule has 4 nitrogen and oxygen atoms in total. The second-order valence-corrected chi connectivity index (χ2v) is 4.93. The van der Waals surface area contributed by atoms with Crippen molar-refractivity contribution in [3.63, 3.8) is 0 Å². The molecule has 1 aliphatic heterocycles. The minimum absolute atomic E-state index is 0.147. The van der Waals surface area contributed by atoms with Gasteiger partial charge in [-0.05, 0) is 31.4 Å². The van der Waals surface area contributed by atoms with Gasteiger partial charge >= 0.3 is 0 Å². The molecular formula is C15H16N2O2. The van der Waals surface area contributed by atoms with Gasteiger partial charge in [0.05, 0.1) is 0 Å². The summed E-state index contributed by atoms with van der Waals surface area (Å²) in [5, 5.41) is 0.574. The lowest BCUT2D eigenvalue weighted by Crippen LogP contribution is -2.38. The third-order valence-electron chi connectivity index (χ3n) is 3.66. The number of nitrogens with one attached hydrogen (secondary N) is 1. The Balaban J connectivity index is 2.03. The summed E-state index contributed by atoms with van der Waals surface area (Å²) in [6, 6.07) is 7.27. The first-order chi connectivity index (χ1) is 9.27. The van der Waals surface area contributed by atoms with E-state index >= 15 is 0 Å². The molecule has 0 aliphatic carbocycles. The van der Waals surface area contributed by atoms with Crippen molar-refractivity contribution in [3.05, 3.63) is 46.2 Å². The smallest absolute Gasteiger partial charge is 0.259 e. The van der Waals surface area contributed by atoms with Crippen LogP contribution in [0.2, 0.25) is 0 Å². The van der Waals surface area contributed by atoms with Crippen LogP contribution in [0, 0.1) is 0 Å². The fourth-order valence-corrected chi connectivity index (χ4v) is 2.59. The lowest BCUT2D eigenvalue weighted by Gasteiger charge is -2.26. The van der Waals surface area contributed by atoms with Gasteiger partial charge in [-0.15, -0.1) is 0 Å². The van der Waals surface area contributed by atoms with Gasteiger partial charge < -0.3 is 9.88 Å². The van der Waals surface area contributed by atoms with Gasteiger partial charge in [0.2, 0.25) is 5.43 Å². The fraction of sp³-hybridized carbons (Fsp3) is 0.333. The van der Waals surface area contributed by atoms with Gasteiger partial charge in [0, 0.05) is 30.2 Å². The van der Waals surface area contributed by atoms with Crippen LogP contribution in [-0.2, 0) is 0 Å². The Kier molecular flexibility index (Phi) is 3.07. The Labute approximate surface area is 111 Å². The van der Waals surface area contributed by atoms with Crippen LogP contribution in [0.25, 0.3) is 10.9 Å². The quantitative estimate of drug-likeness (QED) is 0.850. The number of fused-ring (bicyclic) bond motifs is 1. The predicted molar refractivity (Wildman–Crippen MR) is 74.3 cm³/mol. The van der Waals surface area contributed by atoms with Crippen LogP contribution >= 0.6 is 0 Å². The molecule has 1 amide bonds. The molecule has 2 aromatic rings. The zero-order valence-electron chi connectivity index (χ0n) is 10.7. The normalized spacial score (nSPS) is 15.7. The molecule has 19 heavy (non-hydrogen) atoms. The summed E-state index contributed by atoms with van der Waals surface area (Å²) in [7, 11) is 0. The number of carbonyl (C=O) groups is 1. The maximum atomic E-state index is 12.4. The zero-order chi connectivity index (χ0) is 13.2. The van der Waals surface area contributed by atoms with Crippen molar-refractivity contribution >= 4 is 16.8 Å². The van der Waals surface area contributed by atoms with Crippen LogP contribution in [0.4, 0.5) is 0 Å². The van der Waals surface area contributed by atoms with Crippen LogP contribution in [0.1, 0.15) is 29.6 Å². The van der Waals surface area contributed by atoms with Crippen molar-refractivity contribution in [2.45, 2.75) is 19.3 Å². The Morgan fingerprint density at radius 3 is 2.63 bits per heavy atom. The first-order valence-electron chi connectivity index (χ1n) is 6.67. The fourth-order valence-electron chi connectivity index (χ4n) is 2.59. The largest absolute Gasteiger partial charge is 0.360 e. The van der Waals surface area contributed by atoms with E-state index < -0.39 is 0 Å². The molecule has 4 heteroatoms. The van der Waals surface area contributed by atoms with E-state index in [0.29, 0.717) is 5.39 Å². The Morgan fingerprint density at radius 2 is 1.84 bits per heavy atom. The number of carbonyl (C=O) groups excluding carboxylic acids is 1. The molecule has 1 aromatic carbocycles. The molecule has 1 N–H and O–H groups in total. The van der Waals surface area contributed by atoms with Crippen LogP contribution in [-0.4, -0.2) is 28.9 Å². The first kappa shape index (κ1) is 12.0. The molecule has 0 unspecified atom stereocenters. The van der Waals surface area contributed by atoms with E-state index in [1.54, 1.807) is 17.2 Å². The maximum absolute atomic E-state index is 12.4. The molecule has 0 spiro atoms. The summed E-state index contributed by atoms with van der Waals surface area (Å²) in [4.78, 5) is 29.5. The number of hydrogen-bond donors (Lipinski definition) is 1. The van der Waals surface area contributed by atoms with Crippen molar-refractivity contribution in [2.24, 2.45) is 0 Å². The number of hydrogen-bond acceptors (Lipinski definition) is 2. The van der Waals surface area contributed by atoms with E-state index in [4.69, 9.17) is 0 Å². The third-order valence-corrected chi connectivity index (χ3v) is 3.66. The molecule has 0 radical (unpaired) electrons. The first-order valence-corrected chi connectivity index (χ1v) is 6.67. The number of piperidine rings is 1. The molecule has 0 atom stereocenters. The molecule has 98 valence electrons. The van der Waals surface area contributed by atoms with Crippen LogP contribution in [0.15, 0.2) is 35.3 Å². The van der Waals surface area contributed by atoms with E-state index in [1.165, 1.54) is 0 Å². The summed E-state index contributed by atoms with van der Waals surface area (Å²) >= 11 is 0. The summed E-state index contributed by atoms with van der Waals surface area (Å²) < 4.78 is 0. The van der Waals surface area contributed by atoms with Crippen molar-refractivity contribution < 1.29 is 4.79 Å². The van der Waals surface area contributed by atoms with Gasteiger partial charge in [0.25, 0.3) is 5.91 Å². The van der Waals surface area contributed by atoms with Gasteiger partial charge in [0.15, 0.2) is 0 Å². The highest BCUT2D eigenvalue weighted by atomic mass is 16.2. The number of H-pyrrole nitrogens is 1. The Hall–Kier alpha value is -2.10. The average molecular weight is 256 g/mol. The molecule has 1 aliphatic rings. The highest BCUT2D eigenvalue weighted by Crippen LogP contribution is 2.13. The molecule has 1 fully saturated rings. The lowest BCUT2D eigenvalue weighted by atomic mass is 10.1. The minimum Gasteiger partial charge on any atom is -0.360 e. The topological polar surface area (TPSA) is 53.2 Å². The molecule has 0 bridgehead atoms. The van der Waals surface area contributed by atoms with E-state index in [0.717, 1.165) is 37.9 Å². The number of aromatic amines is 1. The second-order valence-electron chi connectivity index (χ2n) is 4.93. The van der Waals surface area contributed by atoms with Gasteiger partial charge in [-0.2, -0.15) is 0 Å². The third kappa shape index (κ3) is 2.14. The lowest BCUT2D eigenvalue weighted by molar-refractivity contribution is 0.0723. The number of amides is 1. The number of rotatable bonds is 1. The van der Waals surface area contributed by atoms with Crippen LogP contribution in [0.5, 0.6) is 0 Å². The number of pyridine rings is 1. The van der Waals surface area contributed by atoms with Crippen molar-refractivity contribution in [1.29, 1.82) is 0 Å². The molecule has 1 aromatic heterocycles. The predicted octanol–water partition coefficient (Wildman–Crippen LogP) is 2.15. The standard InChI is InChI=1S/C15H16N2O2/c18-14-11-6-2-3-7-13(11)16-10-12(14)15(19)17-8-4-1-5-9-17/h2-3,6-7,10H,1,4-5,8-9H2,(H,16,18). The number of para-hydroxylation sites is 1. The second kappa shape index (κ2) is 4.88. The summed E-state index contributed by atoms with van der Waals surface area (Å²) in [6.07, 6.45) is 4.76. The van der Waals surface area contributed by atoms with E-state index in [9.17, 15) is 9.59 Å². The highest BCUT2D eigenvalue weighted by molar-refractivity contribution is 5.97. The average Bonchev–Trinajstić information content (AvgIpc) is 2.48. The Morgan fingerprint density at radius 1 is 1.11 bits per heavy atom. The molecular weight excluding hydrogens is 240 g/mol. The van der Waals surface area contributed by atoms with Crippen molar-refractivity contribution in [1.82, 2.24) is 9.88 Å². The maximum Gasteiger partial charge on any atom is 0.259 e. The van der Waals surface area contributed by atoms with E-state index in [1.807, 2.05) is 18.2 Å². The highest BCUT2D eigenvalue weighted by Gasteiger charge is 2.21. The molecule has 1 saturated heterocycles. The number of benzene rings is 1. The Bertz CT molecular complexity index is 669. The molecule has 2 heterocycles. The summed E-state index contributed by atoms with van der Waals surface area (Å²) in [6.45, 7) is 1.51. The van der Waals surface area contributed by atoms with Gasteiger partial charge in [0.1, 0.15) is 5.56 Å². The van der Waals surface area contributed by atoms with Crippen LogP contribution in [0.3, 0.4) is 0 Å². The zero-order valence-corrected chi connectivity index (χ0v) is 10.7. The van der Waals surface area contributed by atoms with Gasteiger partial charge in [-0.1, -0.05) is 12.1 Å². The van der Waals surface area contributed by atoms with Crippen molar-refractivity contribution in [3.8, 4) is 0 Å². The summed E-state index contributed by atoms with van der Waals surface area (Å²) in [5.41, 5.74) is 0.841. The summed E-state index contributed by atoms with van der Waals surface area (Å²) in [5.74, 6) is -0.147. The molecule has 3 rings (SSSR count). The monoisotopic (exact) mass is 256 g/mol. The van der Waals surface area contributed by atoms with Gasteiger partial charge in [-0.3, -0.25) is 9.59 Å². The number of nitrogens with zero attached hydrogens (tertiary/aromatic N) is 1. The minimum atomic E-state index is -0.176. The van der Waals surface area contributed by atoms with E-state index in [2.05, 4.69) is 4.98 Å². The van der Waals surface area contributed by atoms with Crippen LogP contribution < -0.4 is 5.43 Å². The van der Waals surface area contributed by atoms with Crippen molar-refractivity contribution in [2.75, 3.05) is 13.1 Å².